The van der Waals surface area contributed by atoms with Gasteiger partial charge in [-0.05, 0) is 43.5 Å². The van der Waals surface area contributed by atoms with E-state index >= 15 is 0 Å². The second-order valence-corrected chi connectivity index (χ2v) is 9.32. The van der Waals surface area contributed by atoms with Gasteiger partial charge in [0.15, 0.2) is 4.77 Å². The smallest absolute Gasteiger partial charge is 0.225 e. The number of piperidine rings is 1. The van der Waals surface area contributed by atoms with E-state index in [2.05, 4.69) is 33.7 Å². The summed E-state index contributed by atoms with van der Waals surface area (Å²) >= 11 is 5.84. The Labute approximate surface area is 188 Å². The molecule has 8 heteroatoms. The summed E-state index contributed by atoms with van der Waals surface area (Å²) < 4.78 is 10.4. The van der Waals surface area contributed by atoms with Gasteiger partial charge in [0.05, 0.1) is 26.4 Å². The third-order valence-corrected chi connectivity index (χ3v) is 7.10. The van der Waals surface area contributed by atoms with Crippen molar-refractivity contribution in [2.45, 2.75) is 44.8 Å². The van der Waals surface area contributed by atoms with E-state index in [0.29, 0.717) is 31.7 Å². The molecule has 31 heavy (non-hydrogen) atoms. The summed E-state index contributed by atoms with van der Waals surface area (Å²) in [6.45, 7) is 6.10. The van der Waals surface area contributed by atoms with Crippen molar-refractivity contribution in [3.63, 3.8) is 0 Å². The van der Waals surface area contributed by atoms with Gasteiger partial charge in [0.2, 0.25) is 5.91 Å². The highest BCUT2D eigenvalue weighted by atomic mass is 32.1. The Morgan fingerprint density at radius 2 is 1.74 bits per heavy atom. The Hall–Kier alpha value is -2.03. The normalized spacial score (nSPS) is 20.8. The largest absolute Gasteiger partial charge is 0.378 e. The van der Waals surface area contributed by atoms with Crippen LogP contribution in [0.25, 0.3) is 0 Å². The lowest BCUT2D eigenvalue weighted by Crippen LogP contribution is -2.47. The van der Waals surface area contributed by atoms with Crippen LogP contribution in [0.1, 0.15) is 43.0 Å². The quantitative estimate of drug-likeness (QED) is 0.646. The second kappa shape index (κ2) is 9.22. The lowest BCUT2D eigenvalue weighted by Gasteiger charge is -2.35. The zero-order valence-electron chi connectivity index (χ0n) is 18.0. The minimum Gasteiger partial charge on any atom is -0.378 e. The topological polar surface area (TPSA) is 55.5 Å². The monoisotopic (exact) mass is 441 g/mol. The number of carbonyl (C=O) groups excluding carboxylic acids is 1. The summed E-state index contributed by atoms with van der Waals surface area (Å²) in [5.74, 6) is 2.12. The Bertz CT molecular complexity index is 954. The lowest BCUT2D eigenvalue weighted by atomic mass is 9.95. The van der Waals surface area contributed by atoms with Gasteiger partial charge in [0.1, 0.15) is 5.82 Å². The molecule has 0 unspecified atom stereocenters. The number of nitrogens with zero attached hydrogens (tertiary/aromatic N) is 5. The molecule has 3 heterocycles. The molecular formula is C23H31N5O2S. The number of hydrogen-bond acceptors (Lipinski definition) is 5. The zero-order valence-corrected chi connectivity index (χ0v) is 18.8. The molecule has 2 aliphatic heterocycles. The summed E-state index contributed by atoms with van der Waals surface area (Å²) in [7, 11) is 0. The first-order valence-corrected chi connectivity index (χ1v) is 11.9. The molecule has 1 aromatic carbocycles. The van der Waals surface area contributed by atoms with Gasteiger partial charge in [0, 0.05) is 38.0 Å². The van der Waals surface area contributed by atoms with E-state index in [0.717, 1.165) is 56.2 Å². The fourth-order valence-electron chi connectivity index (χ4n) is 4.66. The minimum atomic E-state index is 0.139. The van der Waals surface area contributed by atoms with Crippen molar-refractivity contribution in [1.82, 2.24) is 24.1 Å². The van der Waals surface area contributed by atoms with Gasteiger partial charge in [-0.25, -0.2) is 4.68 Å². The third kappa shape index (κ3) is 4.76. The van der Waals surface area contributed by atoms with Crippen molar-refractivity contribution in [3.05, 3.63) is 46.5 Å². The van der Waals surface area contributed by atoms with Crippen LogP contribution >= 0.6 is 12.2 Å². The number of morpholine rings is 1. The lowest BCUT2D eigenvalue weighted by molar-refractivity contribution is -0.141. The van der Waals surface area contributed by atoms with Gasteiger partial charge in [0.25, 0.3) is 0 Å². The third-order valence-electron chi connectivity index (χ3n) is 6.67. The maximum atomic E-state index is 12.8. The first-order valence-electron chi connectivity index (χ1n) is 11.5. The Morgan fingerprint density at radius 3 is 2.42 bits per heavy atom. The average molecular weight is 442 g/mol. The van der Waals surface area contributed by atoms with Crippen molar-refractivity contribution in [3.8, 4) is 0 Å². The average Bonchev–Trinajstić information content (AvgIpc) is 3.62. The van der Waals surface area contributed by atoms with Crippen LogP contribution in [-0.4, -0.2) is 69.4 Å². The van der Waals surface area contributed by atoms with Gasteiger partial charge in [-0.2, -0.15) is 5.10 Å². The molecule has 1 saturated carbocycles. The van der Waals surface area contributed by atoms with E-state index in [1.165, 1.54) is 18.4 Å². The number of aromatic nitrogens is 3. The number of benzene rings is 1. The molecule has 0 bridgehead atoms. The fourth-order valence-corrected chi connectivity index (χ4v) is 4.92. The number of hydrogen-bond donors (Lipinski definition) is 0. The van der Waals surface area contributed by atoms with E-state index in [4.69, 9.17) is 22.1 Å². The van der Waals surface area contributed by atoms with Crippen molar-refractivity contribution in [2.75, 3.05) is 39.4 Å². The van der Waals surface area contributed by atoms with Gasteiger partial charge < -0.3 is 9.64 Å². The van der Waals surface area contributed by atoms with Gasteiger partial charge >= 0.3 is 0 Å². The number of ether oxygens (including phenoxy) is 1. The summed E-state index contributed by atoms with van der Waals surface area (Å²) in [4.78, 5) is 17.2. The van der Waals surface area contributed by atoms with Gasteiger partial charge in [-0.1, -0.05) is 30.3 Å². The Morgan fingerprint density at radius 1 is 1.03 bits per heavy atom. The van der Waals surface area contributed by atoms with Crippen molar-refractivity contribution in [1.29, 1.82) is 0 Å². The number of rotatable bonds is 6. The summed E-state index contributed by atoms with van der Waals surface area (Å²) in [5.41, 5.74) is 1.25. The van der Waals surface area contributed by atoms with Crippen LogP contribution in [0.5, 0.6) is 0 Å². The maximum absolute atomic E-state index is 12.8. The fraction of sp³-hybridized carbons (Fsp3) is 0.609. The first-order chi connectivity index (χ1) is 15.2. The molecular weight excluding hydrogens is 410 g/mol. The highest BCUT2D eigenvalue weighted by Crippen LogP contribution is 2.39. The molecule has 1 aliphatic carbocycles. The molecule has 0 spiro atoms. The van der Waals surface area contributed by atoms with E-state index in [1.807, 2.05) is 15.6 Å². The Balaban J connectivity index is 1.23. The summed E-state index contributed by atoms with van der Waals surface area (Å²) in [6, 6.07) is 10.5. The SMILES string of the molecule is O=C(C1CCN(Cn2nc(C3CC3)n(Cc3ccccc3)c2=S)CC1)N1CCOCC1. The maximum Gasteiger partial charge on any atom is 0.225 e. The predicted octanol–water partition coefficient (Wildman–Crippen LogP) is 2.87. The highest BCUT2D eigenvalue weighted by molar-refractivity contribution is 7.71. The first kappa shape index (κ1) is 20.8. The molecule has 0 atom stereocenters. The van der Waals surface area contributed by atoms with Gasteiger partial charge in [-0.15, -0.1) is 0 Å². The molecule has 7 nitrogen and oxygen atoms in total. The van der Waals surface area contributed by atoms with E-state index < -0.39 is 0 Å². The second-order valence-electron chi connectivity index (χ2n) is 8.96. The molecule has 1 amide bonds. The molecule has 2 aromatic rings. The van der Waals surface area contributed by atoms with Gasteiger partial charge in [-0.3, -0.25) is 14.3 Å². The minimum absolute atomic E-state index is 0.139. The van der Waals surface area contributed by atoms with E-state index in [1.54, 1.807) is 0 Å². The number of amides is 1. The molecule has 3 aliphatic rings. The standard InChI is InChI=1S/C23H31N5O2S/c29-22(26-12-14-30-15-13-26)20-8-10-25(11-9-20)17-28-23(31)27(21(24-28)19-6-7-19)16-18-4-2-1-3-5-18/h1-5,19-20H,6-17H2. The van der Waals surface area contributed by atoms with Crippen LogP contribution in [0.4, 0.5) is 0 Å². The van der Waals surface area contributed by atoms with Crippen LogP contribution in [0.3, 0.4) is 0 Å². The van der Waals surface area contributed by atoms with E-state index in [-0.39, 0.29) is 5.92 Å². The number of carbonyl (C=O) groups is 1. The van der Waals surface area contributed by atoms with Crippen LogP contribution in [0.15, 0.2) is 30.3 Å². The van der Waals surface area contributed by atoms with Crippen LogP contribution in [0.2, 0.25) is 0 Å². The van der Waals surface area contributed by atoms with Crippen molar-refractivity contribution >= 4 is 18.1 Å². The van der Waals surface area contributed by atoms with E-state index in [9.17, 15) is 4.79 Å². The molecule has 3 fully saturated rings. The predicted molar refractivity (Wildman–Crippen MR) is 120 cm³/mol. The summed E-state index contributed by atoms with van der Waals surface area (Å²) in [6.07, 6.45) is 4.22. The summed E-state index contributed by atoms with van der Waals surface area (Å²) in [5, 5.41) is 4.93. The molecule has 2 saturated heterocycles. The molecule has 0 N–H and O–H groups in total. The molecule has 166 valence electrons. The number of likely N-dealkylation sites (tertiary alicyclic amines) is 1. The Kier molecular flexibility index (Phi) is 6.20. The van der Waals surface area contributed by atoms with Crippen LogP contribution < -0.4 is 0 Å². The van der Waals surface area contributed by atoms with Crippen molar-refractivity contribution in [2.24, 2.45) is 5.92 Å². The molecule has 0 radical (unpaired) electrons. The molecule has 5 rings (SSSR count). The van der Waals surface area contributed by atoms with Crippen LogP contribution in [-0.2, 0) is 22.7 Å². The molecule has 1 aromatic heterocycles. The zero-order chi connectivity index (χ0) is 21.2. The highest BCUT2D eigenvalue weighted by Gasteiger charge is 2.32. The van der Waals surface area contributed by atoms with Crippen LogP contribution in [0, 0.1) is 10.7 Å². The van der Waals surface area contributed by atoms with Crippen molar-refractivity contribution < 1.29 is 9.53 Å².